The standard InChI is InChI=1S/C18H39N3O5.3CH4/c1-16(21)11-26-15-18(12-23-8-3-6-19,13-24-9-4-7-20)14-25-10-5-17(2)22;;;/h16H,3-15,19-21H2,1-2H3;3*1H4. The largest absolute Gasteiger partial charge is 0.381 e. The van der Waals surface area contributed by atoms with Gasteiger partial charge in [0, 0.05) is 25.7 Å². The highest BCUT2D eigenvalue weighted by molar-refractivity contribution is 5.75. The zero-order valence-electron chi connectivity index (χ0n) is 16.5. The number of hydrogen-bond acceptors (Lipinski definition) is 8. The van der Waals surface area contributed by atoms with Crippen molar-refractivity contribution in [2.75, 3.05) is 65.9 Å². The van der Waals surface area contributed by atoms with Crippen molar-refractivity contribution >= 4 is 5.78 Å². The topological polar surface area (TPSA) is 132 Å². The normalized spacial score (nSPS) is 11.8. The molecule has 1 unspecified atom stereocenters. The van der Waals surface area contributed by atoms with E-state index in [2.05, 4.69) is 0 Å². The second-order valence-corrected chi connectivity index (χ2v) is 6.89. The molecular weight excluding hydrogens is 374 g/mol. The van der Waals surface area contributed by atoms with Crippen molar-refractivity contribution in [3.05, 3.63) is 0 Å². The van der Waals surface area contributed by atoms with Crippen LogP contribution in [-0.2, 0) is 23.7 Å². The van der Waals surface area contributed by atoms with E-state index in [9.17, 15) is 4.79 Å². The Morgan fingerprint density at radius 1 is 0.828 bits per heavy atom. The van der Waals surface area contributed by atoms with Gasteiger partial charge in [0.05, 0.1) is 45.1 Å². The molecule has 180 valence electrons. The lowest BCUT2D eigenvalue weighted by Crippen LogP contribution is -2.43. The van der Waals surface area contributed by atoms with Gasteiger partial charge in [-0.15, -0.1) is 0 Å². The number of carbonyl (C=O) groups excluding carboxylic acids is 1. The zero-order valence-corrected chi connectivity index (χ0v) is 16.5. The molecule has 0 saturated carbocycles. The van der Waals surface area contributed by atoms with E-state index in [1.807, 2.05) is 6.92 Å². The fraction of sp³-hybridized carbons (Fsp3) is 0.952. The molecule has 0 bridgehead atoms. The fourth-order valence-corrected chi connectivity index (χ4v) is 2.16. The summed E-state index contributed by atoms with van der Waals surface area (Å²) in [6.45, 7) is 8.19. The molecule has 6 N–H and O–H groups in total. The lowest BCUT2D eigenvalue weighted by atomic mass is 9.92. The van der Waals surface area contributed by atoms with E-state index >= 15 is 0 Å². The Morgan fingerprint density at radius 2 is 1.24 bits per heavy atom. The van der Waals surface area contributed by atoms with Gasteiger partial charge >= 0.3 is 0 Å². The number of Topliss-reactive ketones (excluding diaryl/α,β-unsaturated/α-hetero) is 1. The van der Waals surface area contributed by atoms with Gasteiger partial charge < -0.3 is 36.1 Å². The van der Waals surface area contributed by atoms with E-state index in [1.165, 1.54) is 0 Å². The van der Waals surface area contributed by atoms with Crippen LogP contribution in [0, 0.1) is 5.41 Å². The number of carbonyl (C=O) groups is 1. The van der Waals surface area contributed by atoms with Crippen LogP contribution in [0.5, 0.6) is 0 Å². The van der Waals surface area contributed by atoms with Gasteiger partial charge in [-0.3, -0.25) is 4.79 Å². The smallest absolute Gasteiger partial charge is 0.132 e. The molecule has 8 nitrogen and oxygen atoms in total. The summed E-state index contributed by atoms with van der Waals surface area (Å²) in [5.41, 5.74) is 16.3. The molecule has 0 amide bonds. The van der Waals surface area contributed by atoms with Crippen LogP contribution in [0.1, 0.15) is 55.4 Å². The Hall–Kier alpha value is -0.610. The monoisotopic (exact) mass is 425 g/mol. The molecule has 0 heterocycles. The number of rotatable bonds is 19. The van der Waals surface area contributed by atoms with Crippen molar-refractivity contribution in [2.24, 2.45) is 22.6 Å². The van der Waals surface area contributed by atoms with Crippen LogP contribution in [0.3, 0.4) is 0 Å². The Bertz CT molecular complexity index is 332. The highest BCUT2D eigenvalue weighted by atomic mass is 16.5. The van der Waals surface area contributed by atoms with Crippen molar-refractivity contribution < 1.29 is 23.7 Å². The minimum Gasteiger partial charge on any atom is -0.381 e. The summed E-state index contributed by atoms with van der Waals surface area (Å²) in [6.07, 6.45) is 1.96. The Balaban J connectivity index is -0.00000104. The summed E-state index contributed by atoms with van der Waals surface area (Å²) >= 11 is 0. The molecule has 0 spiro atoms. The summed E-state index contributed by atoms with van der Waals surface area (Å²) in [6, 6.07) is -0.0531. The van der Waals surface area contributed by atoms with E-state index < -0.39 is 5.41 Å². The maximum absolute atomic E-state index is 11.1. The first-order valence-corrected chi connectivity index (χ1v) is 9.42. The van der Waals surface area contributed by atoms with Crippen molar-refractivity contribution in [1.29, 1.82) is 0 Å². The summed E-state index contributed by atoms with van der Waals surface area (Å²) in [5.74, 6) is 0.0993. The van der Waals surface area contributed by atoms with Crippen molar-refractivity contribution in [3.8, 4) is 0 Å². The third kappa shape index (κ3) is 21.9. The van der Waals surface area contributed by atoms with Crippen LogP contribution in [0.2, 0.25) is 0 Å². The molecular formula is C21H51N3O5. The third-order valence-corrected chi connectivity index (χ3v) is 3.60. The lowest BCUT2D eigenvalue weighted by Gasteiger charge is -2.33. The number of nitrogens with two attached hydrogens (primary N) is 3. The maximum Gasteiger partial charge on any atom is 0.132 e. The van der Waals surface area contributed by atoms with Crippen LogP contribution < -0.4 is 17.2 Å². The Morgan fingerprint density at radius 3 is 1.62 bits per heavy atom. The van der Waals surface area contributed by atoms with Gasteiger partial charge in [0.25, 0.3) is 0 Å². The third-order valence-electron chi connectivity index (χ3n) is 3.60. The average Bonchev–Trinajstić information content (AvgIpc) is 2.59. The van der Waals surface area contributed by atoms with Crippen LogP contribution in [0.25, 0.3) is 0 Å². The van der Waals surface area contributed by atoms with E-state index in [1.54, 1.807) is 6.92 Å². The van der Waals surface area contributed by atoms with Crippen LogP contribution in [-0.4, -0.2) is 77.8 Å². The highest BCUT2D eigenvalue weighted by Crippen LogP contribution is 2.21. The van der Waals surface area contributed by atoms with Crippen LogP contribution >= 0.6 is 0 Å². The molecule has 0 aliphatic rings. The number of ether oxygens (including phenoxy) is 4. The highest BCUT2D eigenvalue weighted by Gasteiger charge is 2.32. The first-order valence-electron chi connectivity index (χ1n) is 9.42. The molecule has 0 radical (unpaired) electrons. The second-order valence-electron chi connectivity index (χ2n) is 6.89. The van der Waals surface area contributed by atoms with Gasteiger partial charge in [0.1, 0.15) is 5.78 Å². The van der Waals surface area contributed by atoms with E-state index in [-0.39, 0.29) is 34.1 Å². The summed E-state index contributed by atoms with van der Waals surface area (Å²) in [4.78, 5) is 11.1. The molecule has 0 aliphatic carbocycles. The van der Waals surface area contributed by atoms with Crippen molar-refractivity contribution in [1.82, 2.24) is 0 Å². The molecule has 0 fully saturated rings. The molecule has 0 aromatic carbocycles. The van der Waals surface area contributed by atoms with Gasteiger partial charge in [-0.1, -0.05) is 22.3 Å². The fourth-order valence-electron chi connectivity index (χ4n) is 2.16. The molecule has 0 aliphatic heterocycles. The SMILES string of the molecule is C.C.C.CC(=O)CCOCC(COCCCN)(COCCCN)COCC(C)N. The summed E-state index contributed by atoms with van der Waals surface area (Å²) in [5, 5.41) is 0. The maximum atomic E-state index is 11.1. The van der Waals surface area contributed by atoms with Gasteiger partial charge in [-0.2, -0.15) is 0 Å². The molecule has 29 heavy (non-hydrogen) atoms. The van der Waals surface area contributed by atoms with Crippen LogP contribution in [0.15, 0.2) is 0 Å². The van der Waals surface area contributed by atoms with Crippen molar-refractivity contribution in [2.45, 2.75) is 61.4 Å². The van der Waals surface area contributed by atoms with Gasteiger partial charge in [0.15, 0.2) is 0 Å². The minimum atomic E-state index is -0.463. The average molecular weight is 426 g/mol. The van der Waals surface area contributed by atoms with Gasteiger partial charge in [0.2, 0.25) is 0 Å². The zero-order chi connectivity index (χ0) is 19.7. The first kappa shape index (κ1) is 35.8. The quantitative estimate of drug-likeness (QED) is 0.268. The molecule has 8 heteroatoms. The molecule has 0 saturated heterocycles. The molecule has 1 atom stereocenters. The molecule has 0 rings (SSSR count). The molecule has 0 aromatic heterocycles. The minimum absolute atomic E-state index is 0. The Labute approximate surface area is 180 Å². The Kier molecular flexibility index (Phi) is 29.2. The van der Waals surface area contributed by atoms with Gasteiger partial charge in [-0.25, -0.2) is 0 Å². The number of hydrogen-bond donors (Lipinski definition) is 3. The molecule has 0 aromatic rings. The number of ketones is 1. The van der Waals surface area contributed by atoms with E-state index in [4.69, 9.17) is 36.1 Å². The van der Waals surface area contributed by atoms with Crippen LogP contribution in [0.4, 0.5) is 0 Å². The summed E-state index contributed by atoms with van der Waals surface area (Å²) < 4.78 is 23.1. The predicted molar refractivity (Wildman–Crippen MR) is 122 cm³/mol. The lowest BCUT2D eigenvalue weighted by molar-refractivity contribution is -0.121. The summed E-state index contributed by atoms with van der Waals surface area (Å²) in [7, 11) is 0. The first-order chi connectivity index (χ1) is 12.5. The van der Waals surface area contributed by atoms with E-state index in [0.29, 0.717) is 72.4 Å². The second kappa shape index (κ2) is 23.7. The predicted octanol–water partition coefficient (Wildman–Crippen LogP) is 1.97. The van der Waals surface area contributed by atoms with Gasteiger partial charge in [-0.05, 0) is 39.8 Å². The van der Waals surface area contributed by atoms with Crippen molar-refractivity contribution in [3.63, 3.8) is 0 Å². The van der Waals surface area contributed by atoms with E-state index in [0.717, 1.165) is 12.8 Å².